The number of hydrogen-bond donors (Lipinski definition) is 2. The monoisotopic (exact) mass is 399 g/mol. The molecular formula is C19H34FN3O3Si. The summed E-state index contributed by atoms with van der Waals surface area (Å²) in [4.78, 5) is 16.5. The number of carbonyl (C=O) groups is 1. The van der Waals surface area contributed by atoms with Gasteiger partial charge in [0.15, 0.2) is 14.1 Å². The van der Waals surface area contributed by atoms with E-state index in [2.05, 4.69) is 44.2 Å². The first-order valence-corrected chi connectivity index (χ1v) is 11.9. The first-order valence-electron chi connectivity index (χ1n) is 9.04. The molecule has 0 bridgehead atoms. The topological polar surface area (TPSA) is 86.5 Å². The third-order valence-corrected chi connectivity index (χ3v) is 9.22. The van der Waals surface area contributed by atoms with Crippen LogP contribution >= 0.6 is 0 Å². The van der Waals surface area contributed by atoms with Crippen molar-refractivity contribution in [3.63, 3.8) is 0 Å². The summed E-state index contributed by atoms with van der Waals surface area (Å²) >= 11 is 0. The fraction of sp³-hybridized carbons (Fsp3) is 0.684. The first-order chi connectivity index (χ1) is 12.0. The predicted molar refractivity (Wildman–Crippen MR) is 108 cm³/mol. The van der Waals surface area contributed by atoms with Gasteiger partial charge in [0.25, 0.3) is 0 Å². The van der Waals surface area contributed by atoms with Gasteiger partial charge in [-0.3, -0.25) is 4.98 Å². The third-order valence-electron chi connectivity index (χ3n) is 4.75. The maximum absolute atomic E-state index is 14.7. The van der Waals surface area contributed by atoms with Gasteiger partial charge < -0.3 is 20.2 Å². The lowest BCUT2D eigenvalue weighted by atomic mass is 9.97. The van der Waals surface area contributed by atoms with Gasteiger partial charge in [-0.15, -0.1) is 0 Å². The van der Waals surface area contributed by atoms with Crippen molar-refractivity contribution in [3.8, 4) is 0 Å². The highest BCUT2D eigenvalue weighted by atomic mass is 28.4. The molecule has 0 aromatic carbocycles. The van der Waals surface area contributed by atoms with E-state index < -0.39 is 31.4 Å². The molecule has 6 nitrogen and oxygen atoms in total. The lowest BCUT2D eigenvalue weighted by molar-refractivity contribution is 0.0410. The summed E-state index contributed by atoms with van der Waals surface area (Å²) in [6.07, 6.45) is 0.738. The van der Waals surface area contributed by atoms with Gasteiger partial charge in [-0.2, -0.15) is 0 Å². The van der Waals surface area contributed by atoms with Crippen molar-refractivity contribution < 1.29 is 18.3 Å². The molecule has 27 heavy (non-hydrogen) atoms. The Labute approximate surface area is 163 Å². The van der Waals surface area contributed by atoms with Crippen molar-refractivity contribution in [2.75, 3.05) is 12.3 Å². The maximum Gasteiger partial charge on any atom is 0.408 e. The molecule has 0 saturated heterocycles. The molecule has 0 aliphatic rings. The van der Waals surface area contributed by atoms with Crippen LogP contribution in [-0.4, -0.2) is 31.6 Å². The number of rotatable bonds is 5. The Hall–Kier alpha value is -1.67. The number of anilines is 1. The molecule has 1 rings (SSSR count). The van der Waals surface area contributed by atoms with Crippen molar-refractivity contribution in [3.05, 3.63) is 23.8 Å². The number of alkyl carbamates (subject to hydrolysis) is 1. The van der Waals surface area contributed by atoms with Crippen LogP contribution in [0.1, 0.15) is 54.2 Å². The van der Waals surface area contributed by atoms with E-state index in [1.165, 1.54) is 12.3 Å². The minimum Gasteiger partial charge on any atom is -0.444 e. The number of halogens is 1. The van der Waals surface area contributed by atoms with E-state index in [0.29, 0.717) is 0 Å². The smallest absolute Gasteiger partial charge is 0.408 e. The van der Waals surface area contributed by atoms with Crippen LogP contribution in [0.15, 0.2) is 12.3 Å². The first kappa shape index (κ1) is 23.4. The lowest BCUT2D eigenvalue weighted by Crippen LogP contribution is -2.53. The SMILES string of the molecule is CC(C)(C)OC(=O)NC(C)(CO[Si](C)(C)C(C)(C)C)c1nccc(N)c1F. The van der Waals surface area contributed by atoms with Crippen LogP contribution in [0.3, 0.4) is 0 Å². The van der Waals surface area contributed by atoms with Crippen molar-refractivity contribution >= 4 is 20.1 Å². The van der Waals surface area contributed by atoms with Crippen LogP contribution in [0, 0.1) is 5.82 Å². The van der Waals surface area contributed by atoms with Crippen LogP contribution < -0.4 is 11.1 Å². The molecule has 1 unspecified atom stereocenters. The summed E-state index contributed by atoms with van der Waals surface area (Å²) in [5.41, 5.74) is 3.77. The van der Waals surface area contributed by atoms with Gasteiger partial charge in [-0.05, 0) is 51.9 Å². The summed E-state index contributed by atoms with van der Waals surface area (Å²) in [6.45, 7) is 17.5. The van der Waals surface area contributed by atoms with Crippen molar-refractivity contribution in [2.24, 2.45) is 0 Å². The Balaban J connectivity index is 3.24. The normalized spacial score (nSPS) is 15.2. The third kappa shape index (κ3) is 6.17. The molecule has 0 fully saturated rings. The number of amides is 1. The molecule has 0 aliphatic carbocycles. The van der Waals surface area contributed by atoms with Crippen molar-refractivity contribution in [1.82, 2.24) is 10.3 Å². The molecule has 1 amide bonds. The van der Waals surface area contributed by atoms with Gasteiger partial charge in [0, 0.05) is 6.20 Å². The van der Waals surface area contributed by atoms with Gasteiger partial charge in [-0.25, -0.2) is 9.18 Å². The molecule has 1 heterocycles. The van der Waals surface area contributed by atoms with Gasteiger partial charge >= 0.3 is 6.09 Å². The maximum atomic E-state index is 14.7. The van der Waals surface area contributed by atoms with Crippen molar-refractivity contribution in [2.45, 2.75) is 77.7 Å². The predicted octanol–water partition coefficient (Wildman–Crippen LogP) is 4.56. The summed E-state index contributed by atoms with van der Waals surface area (Å²) < 4.78 is 26.3. The average molecular weight is 400 g/mol. The molecule has 0 radical (unpaired) electrons. The molecule has 0 spiro atoms. The summed E-state index contributed by atoms with van der Waals surface area (Å²) in [5, 5.41) is 2.70. The summed E-state index contributed by atoms with van der Waals surface area (Å²) in [7, 11) is -2.15. The molecule has 8 heteroatoms. The zero-order valence-electron chi connectivity index (χ0n) is 18.0. The van der Waals surface area contributed by atoms with E-state index in [4.69, 9.17) is 14.9 Å². The number of nitrogens with zero attached hydrogens (tertiary/aromatic N) is 1. The van der Waals surface area contributed by atoms with E-state index >= 15 is 0 Å². The zero-order valence-corrected chi connectivity index (χ0v) is 19.0. The highest BCUT2D eigenvalue weighted by Crippen LogP contribution is 2.38. The number of ether oxygens (including phenoxy) is 1. The standard InChI is InChI=1S/C19H34FN3O3Si/c1-17(2,3)26-16(24)23-19(7,12-25-27(8,9)18(4,5)6)15-14(20)13(21)10-11-22-15/h10-11H,12H2,1-9H3,(H2,21,22)(H,23,24). The Morgan fingerprint density at radius 1 is 1.22 bits per heavy atom. The summed E-state index contributed by atoms with van der Waals surface area (Å²) in [5.74, 6) is -0.671. The fourth-order valence-corrected chi connectivity index (χ4v) is 3.16. The second-order valence-electron chi connectivity index (χ2n) is 9.57. The molecule has 3 N–H and O–H groups in total. The quantitative estimate of drug-likeness (QED) is 0.709. The second kappa shape index (κ2) is 7.75. The van der Waals surface area contributed by atoms with Crippen molar-refractivity contribution in [1.29, 1.82) is 0 Å². The zero-order chi connectivity index (χ0) is 21.3. The second-order valence-corrected chi connectivity index (χ2v) is 14.4. The number of nitrogens with two attached hydrogens (primary N) is 1. The molecular weight excluding hydrogens is 365 g/mol. The summed E-state index contributed by atoms with van der Waals surface area (Å²) in [6, 6.07) is 1.38. The number of hydrogen-bond acceptors (Lipinski definition) is 5. The van der Waals surface area contributed by atoms with Crippen LogP contribution in [-0.2, 0) is 14.7 Å². The average Bonchev–Trinajstić information content (AvgIpc) is 2.45. The van der Waals surface area contributed by atoms with E-state index in [1.807, 2.05) is 0 Å². The van der Waals surface area contributed by atoms with Gasteiger partial charge in [0.2, 0.25) is 0 Å². The van der Waals surface area contributed by atoms with Gasteiger partial charge in [-0.1, -0.05) is 20.8 Å². The van der Waals surface area contributed by atoms with Crippen LogP contribution in [0.4, 0.5) is 14.9 Å². The Kier molecular flexibility index (Phi) is 6.71. The van der Waals surface area contributed by atoms with E-state index in [1.54, 1.807) is 27.7 Å². The molecule has 0 saturated carbocycles. The molecule has 1 atom stereocenters. The number of nitrogen functional groups attached to an aromatic ring is 1. The minimum atomic E-state index is -2.15. The molecule has 154 valence electrons. The number of pyridine rings is 1. The minimum absolute atomic E-state index is 0.0204. The molecule has 1 aromatic heterocycles. The number of nitrogens with one attached hydrogen (secondary N) is 1. The Morgan fingerprint density at radius 3 is 2.26 bits per heavy atom. The molecule has 1 aromatic rings. The van der Waals surface area contributed by atoms with E-state index in [9.17, 15) is 9.18 Å². The van der Waals surface area contributed by atoms with E-state index in [0.717, 1.165) is 0 Å². The number of carbonyl (C=O) groups excluding carboxylic acids is 1. The number of aromatic nitrogens is 1. The highest BCUT2D eigenvalue weighted by molar-refractivity contribution is 6.74. The van der Waals surface area contributed by atoms with Crippen LogP contribution in [0.5, 0.6) is 0 Å². The largest absolute Gasteiger partial charge is 0.444 e. The molecule has 0 aliphatic heterocycles. The fourth-order valence-electron chi connectivity index (χ4n) is 2.08. The van der Waals surface area contributed by atoms with Crippen LogP contribution in [0.25, 0.3) is 0 Å². The highest BCUT2D eigenvalue weighted by Gasteiger charge is 2.42. The van der Waals surface area contributed by atoms with Gasteiger partial charge in [0.1, 0.15) is 16.8 Å². The van der Waals surface area contributed by atoms with Gasteiger partial charge in [0.05, 0.1) is 12.3 Å². The Bertz CT molecular complexity index is 684. The van der Waals surface area contributed by atoms with Crippen LogP contribution in [0.2, 0.25) is 18.1 Å². The lowest BCUT2D eigenvalue weighted by Gasteiger charge is -2.40. The van der Waals surface area contributed by atoms with E-state index in [-0.39, 0.29) is 23.0 Å². The Morgan fingerprint density at radius 2 is 1.78 bits per heavy atom.